The highest BCUT2D eigenvalue weighted by atomic mass is 31.2. The van der Waals surface area contributed by atoms with Gasteiger partial charge in [0.1, 0.15) is 5.78 Å². The van der Waals surface area contributed by atoms with Gasteiger partial charge in [-0.25, -0.2) is 0 Å². The molecule has 1 unspecified atom stereocenters. The van der Waals surface area contributed by atoms with Crippen LogP contribution >= 0.6 is 7.60 Å². The number of rotatable bonds is 2. The third-order valence-corrected chi connectivity index (χ3v) is 3.76. The van der Waals surface area contributed by atoms with Crippen LogP contribution in [-0.4, -0.2) is 9.79 Å². The van der Waals surface area contributed by atoms with Crippen LogP contribution in [0.2, 0.25) is 0 Å². The fourth-order valence-electron chi connectivity index (χ4n) is 1.62. The Morgan fingerprint density at radius 1 is 0.900 bits per heavy atom. The van der Waals surface area contributed by atoms with Gasteiger partial charge in [0, 0.05) is 11.1 Å². The average molecular weight is 287 g/mol. The molecule has 102 valence electrons. The first-order valence-electron chi connectivity index (χ1n) is 5.94. The Kier molecular flexibility index (Phi) is 4.39. The second kappa shape index (κ2) is 6.04. The quantitative estimate of drug-likeness (QED) is 0.584. The fraction of sp³-hybridized carbons (Fsp3) is 0.0667. The first-order chi connectivity index (χ1) is 9.47. The van der Waals surface area contributed by atoms with E-state index < -0.39 is 13.4 Å². The summed E-state index contributed by atoms with van der Waals surface area (Å²) in [5.74, 6) is 4.69. The predicted octanol–water partition coefficient (Wildman–Crippen LogP) is 2.22. The zero-order chi connectivity index (χ0) is 14.6. The Morgan fingerprint density at radius 3 is 1.90 bits per heavy atom. The van der Waals surface area contributed by atoms with Crippen molar-refractivity contribution in [2.45, 2.75) is 5.78 Å². The Balaban J connectivity index is 2.18. The molecule has 0 saturated carbocycles. The monoisotopic (exact) mass is 287 g/mol. The summed E-state index contributed by atoms with van der Waals surface area (Å²) in [6.45, 7) is 0. The molecule has 4 N–H and O–H groups in total. The van der Waals surface area contributed by atoms with E-state index in [2.05, 4.69) is 11.8 Å². The lowest BCUT2D eigenvalue weighted by molar-refractivity contribution is 0.359. The zero-order valence-electron chi connectivity index (χ0n) is 10.6. The lowest BCUT2D eigenvalue weighted by atomic mass is 10.1. The molecule has 0 aromatic heterocycles. The maximum atomic E-state index is 11.1. The molecule has 0 saturated heterocycles. The molecule has 0 aliphatic heterocycles. The van der Waals surface area contributed by atoms with Gasteiger partial charge < -0.3 is 15.5 Å². The van der Waals surface area contributed by atoms with Gasteiger partial charge in [-0.1, -0.05) is 42.2 Å². The third kappa shape index (κ3) is 3.80. The molecule has 2 rings (SSSR count). The van der Waals surface area contributed by atoms with E-state index in [4.69, 9.17) is 15.5 Å². The van der Waals surface area contributed by atoms with Gasteiger partial charge in [-0.3, -0.25) is 4.57 Å². The lowest BCUT2D eigenvalue weighted by Crippen LogP contribution is -2.10. The normalized spacial score (nSPS) is 12.3. The summed E-state index contributed by atoms with van der Waals surface area (Å²) in [7, 11) is -4.32. The molecule has 0 aliphatic carbocycles. The zero-order valence-corrected chi connectivity index (χ0v) is 11.5. The van der Waals surface area contributed by atoms with Gasteiger partial charge in [0.05, 0.1) is 0 Å². The van der Waals surface area contributed by atoms with E-state index in [1.165, 1.54) is 0 Å². The van der Waals surface area contributed by atoms with Crippen molar-refractivity contribution in [2.24, 2.45) is 5.73 Å². The first kappa shape index (κ1) is 14.5. The summed E-state index contributed by atoms with van der Waals surface area (Å²) >= 11 is 0. The highest BCUT2D eigenvalue weighted by Crippen LogP contribution is 2.47. The lowest BCUT2D eigenvalue weighted by Gasteiger charge is -2.13. The van der Waals surface area contributed by atoms with E-state index in [0.717, 1.165) is 11.1 Å². The topological polar surface area (TPSA) is 83.6 Å². The molecule has 2 aromatic carbocycles. The van der Waals surface area contributed by atoms with Crippen molar-refractivity contribution in [1.82, 2.24) is 0 Å². The summed E-state index contributed by atoms with van der Waals surface area (Å²) < 4.78 is 11.1. The molecular weight excluding hydrogens is 273 g/mol. The van der Waals surface area contributed by atoms with Gasteiger partial charge in [-0.2, -0.15) is 0 Å². The van der Waals surface area contributed by atoms with Gasteiger partial charge in [-0.05, 0) is 29.8 Å². The van der Waals surface area contributed by atoms with Crippen LogP contribution in [0.3, 0.4) is 0 Å². The van der Waals surface area contributed by atoms with Gasteiger partial charge in [0.15, 0.2) is 0 Å². The van der Waals surface area contributed by atoms with Crippen LogP contribution in [0.1, 0.15) is 22.5 Å². The largest absolute Gasteiger partial charge is 0.346 e. The maximum Gasteiger partial charge on any atom is 0.346 e. The number of hydrogen-bond donors (Lipinski definition) is 3. The maximum absolute atomic E-state index is 11.1. The van der Waals surface area contributed by atoms with Crippen LogP contribution in [-0.2, 0) is 4.57 Å². The third-order valence-electron chi connectivity index (χ3n) is 2.74. The molecule has 0 fully saturated rings. The SMILES string of the molecule is NC(c1ccc(C#Cc2ccccc2)cc1)P(=O)(O)O. The Labute approximate surface area is 117 Å². The standard InChI is InChI=1S/C15H14NO3P/c16-15(20(17,18)19)14-10-8-13(9-11-14)7-6-12-4-2-1-3-5-12/h1-5,8-11,15H,16H2,(H2,17,18,19). The molecule has 4 nitrogen and oxygen atoms in total. The minimum Gasteiger partial charge on any atom is -0.323 e. The van der Waals surface area contributed by atoms with Crippen LogP contribution in [0.15, 0.2) is 54.6 Å². The molecule has 0 radical (unpaired) electrons. The van der Waals surface area contributed by atoms with E-state index in [1.807, 2.05) is 30.3 Å². The minimum absolute atomic E-state index is 0.392. The van der Waals surface area contributed by atoms with Crippen LogP contribution in [0, 0.1) is 11.8 Å². The second-order valence-electron chi connectivity index (χ2n) is 4.27. The van der Waals surface area contributed by atoms with E-state index in [0.29, 0.717) is 5.56 Å². The van der Waals surface area contributed by atoms with Crippen LogP contribution in [0.4, 0.5) is 0 Å². The molecule has 20 heavy (non-hydrogen) atoms. The van der Waals surface area contributed by atoms with Gasteiger partial charge in [0.2, 0.25) is 0 Å². The van der Waals surface area contributed by atoms with Crippen LogP contribution in [0.25, 0.3) is 0 Å². The Hall–Kier alpha value is -1.89. The van der Waals surface area contributed by atoms with E-state index in [9.17, 15) is 4.57 Å². The van der Waals surface area contributed by atoms with Crippen molar-refractivity contribution in [3.05, 3.63) is 71.3 Å². The molecule has 2 aromatic rings. The fourth-order valence-corrected chi connectivity index (χ4v) is 2.18. The number of benzene rings is 2. The molecule has 0 spiro atoms. The molecular formula is C15H14NO3P. The Morgan fingerprint density at radius 2 is 1.40 bits per heavy atom. The summed E-state index contributed by atoms with van der Waals surface area (Å²) in [6.07, 6.45) is 0. The van der Waals surface area contributed by atoms with Crippen molar-refractivity contribution >= 4 is 7.60 Å². The summed E-state index contributed by atoms with van der Waals surface area (Å²) in [4.78, 5) is 18.0. The molecule has 0 aliphatic rings. The van der Waals surface area contributed by atoms with E-state index in [1.54, 1.807) is 24.3 Å². The van der Waals surface area contributed by atoms with Crippen molar-refractivity contribution in [1.29, 1.82) is 0 Å². The summed E-state index contributed by atoms with van der Waals surface area (Å²) in [6, 6.07) is 16.1. The Bertz CT molecular complexity index is 681. The second-order valence-corrected chi connectivity index (χ2v) is 6.01. The minimum atomic E-state index is -4.32. The van der Waals surface area contributed by atoms with E-state index in [-0.39, 0.29) is 0 Å². The van der Waals surface area contributed by atoms with Crippen molar-refractivity contribution in [2.75, 3.05) is 0 Å². The van der Waals surface area contributed by atoms with Gasteiger partial charge >= 0.3 is 7.60 Å². The average Bonchev–Trinajstić information content (AvgIpc) is 2.45. The molecule has 0 heterocycles. The first-order valence-corrected chi connectivity index (χ1v) is 7.63. The number of nitrogens with two attached hydrogens (primary N) is 1. The smallest absolute Gasteiger partial charge is 0.323 e. The van der Waals surface area contributed by atoms with Crippen molar-refractivity contribution in [3.8, 4) is 11.8 Å². The van der Waals surface area contributed by atoms with Crippen LogP contribution in [0.5, 0.6) is 0 Å². The summed E-state index contributed by atoms with van der Waals surface area (Å²) in [5.41, 5.74) is 7.55. The molecule has 0 bridgehead atoms. The van der Waals surface area contributed by atoms with Crippen molar-refractivity contribution in [3.63, 3.8) is 0 Å². The predicted molar refractivity (Wildman–Crippen MR) is 77.8 cm³/mol. The van der Waals surface area contributed by atoms with E-state index >= 15 is 0 Å². The molecule has 0 amide bonds. The van der Waals surface area contributed by atoms with Gasteiger partial charge in [0.25, 0.3) is 0 Å². The number of hydrogen-bond acceptors (Lipinski definition) is 2. The molecule has 1 atom stereocenters. The highest BCUT2D eigenvalue weighted by Gasteiger charge is 2.25. The van der Waals surface area contributed by atoms with Crippen LogP contribution < -0.4 is 5.73 Å². The molecule has 5 heteroatoms. The highest BCUT2D eigenvalue weighted by molar-refractivity contribution is 7.52. The summed E-state index contributed by atoms with van der Waals surface area (Å²) in [5, 5.41) is 0. The van der Waals surface area contributed by atoms with Gasteiger partial charge in [-0.15, -0.1) is 0 Å². The van der Waals surface area contributed by atoms with Crippen molar-refractivity contribution < 1.29 is 14.4 Å².